The van der Waals surface area contributed by atoms with Crippen LogP contribution in [0.5, 0.6) is 0 Å². The standard InChI is InChI=1S/C10H10F2N2O/c11-8-3-9(12)10(13-4-8)7-1-2-14(5-7)6-15/h3-4,6-7H,1-2,5H2. The van der Waals surface area contributed by atoms with Crippen molar-refractivity contribution in [1.82, 2.24) is 9.88 Å². The summed E-state index contributed by atoms with van der Waals surface area (Å²) in [4.78, 5) is 15.8. The molecular formula is C10H10F2N2O. The van der Waals surface area contributed by atoms with E-state index in [1.54, 1.807) is 4.90 Å². The lowest BCUT2D eigenvalue weighted by Gasteiger charge is -2.10. The van der Waals surface area contributed by atoms with Crippen molar-refractivity contribution in [3.05, 3.63) is 29.6 Å². The van der Waals surface area contributed by atoms with Gasteiger partial charge in [0.25, 0.3) is 0 Å². The second-order valence-corrected chi connectivity index (χ2v) is 3.61. The molecule has 1 unspecified atom stereocenters. The Morgan fingerprint density at radius 2 is 2.33 bits per heavy atom. The third kappa shape index (κ3) is 1.95. The van der Waals surface area contributed by atoms with Gasteiger partial charge in [-0.3, -0.25) is 9.78 Å². The quantitative estimate of drug-likeness (QED) is 0.692. The molecule has 3 nitrogen and oxygen atoms in total. The summed E-state index contributed by atoms with van der Waals surface area (Å²) < 4.78 is 25.9. The first kappa shape index (κ1) is 10.0. The van der Waals surface area contributed by atoms with Gasteiger partial charge in [-0.25, -0.2) is 8.78 Å². The highest BCUT2D eigenvalue weighted by atomic mass is 19.1. The van der Waals surface area contributed by atoms with E-state index in [4.69, 9.17) is 0 Å². The predicted molar refractivity (Wildman–Crippen MR) is 49.1 cm³/mol. The van der Waals surface area contributed by atoms with Crippen molar-refractivity contribution < 1.29 is 13.6 Å². The number of rotatable bonds is 2. The van der Waals surface area contributed by atoms with Gasteiger partial charge in [0.1, 0.15) is 11.6 Å². The number of amides is 1. The largest absolute Gasteiger partial charge is 0.345 e. The average Bonchev–Trinajstić information content (AvgIpc) is 2.66. The summed E-state index contributed by atoms with van der Waals surface area (Å²) in [5.41, 5.74) is 0.251. The summed E-state index contributed by atoms with van der Waals surface area (Å²) in [6, 6.07) is 0.825. The van der Waals surface area contributed by atoms with Gasteiger partial charge in [-0.05, 0) is 6.42 Å². The lowest BCUT2D eigenvalue weighted by Crippen LogP contribution is -2.18. The molecule has 0 N–H and O–H groups in total. The maximum absolute atomic E-state index is 13.3. The van der Waals surface area contributed by atoms with Gasteiger partial charge in [-0.15, -0.1) is 0 Å². The SMILES string of the molecule is O=CN1CCC(c2ncc(F)cc2F)C1. The van der Waals surface area contributed by atoms with Crippen LogP contribution in [0.1, 0.15) is 18.0 Å². The Labute approximate surface area is 85.7 Å². The molecule has 0 bridgehead atoms. The van der Waals surface area contributed by atoms with E-state index in [0.29, 0.717) is 19.5 Å². The molecule has 0 radical (unpaired) electrons. The molecule has 80 valence electrons. The topological polar surface area (TPSA) is 33.2 Å². The van der Waals surface area contributed by atoms with E-state index in [1.807, 2.05) is 0 Å². The van der Waals surface area contributed by atoms with E-state index in [-0.39, 0.29) is 11.6 Å². The molecule has 1 atom stereocenters. The minimum atomic E-state index is -0.679. The van der Waals surface area contributed by atoms with Crippen LogP contribution in [-0.4, -0.2) is 29.4 Å². The molecule has 5 heteroatoms. The molecule has 1 aliphatic heterocycles. The van der Waals surface area contributed by atoms with E-state index < -0.39 is 11.6 Å². The first-order chi connectivity index (χ1) is 7.20. The molecular weight excluding hydrogens is 202 g/mol. The van der Waals surface area contributed by atoms with Gasteiger partial charge in [0.15, 0.2) is 0 Å². The minimum absolute atomic E-state index is 0.115. The fourth-order valence-corrected chi connectivity index (χ4v) is 1.83. The lowest BCUT2D eigenvalue weighted by molar-refractivity contribution is -0.117. The van der Waals surface area contributed by atoms with Crippen LogP contribution in [0.2, 0.25) is 0 Å². The third-order valence-electron chi connectivity index (χ3n) is 2.59. The molecule has 1 saturated heterocycles. The monoisotopic (exact) mass is 212 g/mol. The van der Waals surface area contributed by atoms with Crippen LogP contribution < -0.4 is 0 Å². The van der Waals surface area contributed by atoms with Crippen molar-refractivity contribution in [2.75, 3.05) is 13.1 Å². The maximum Gasteiger partial charge on any atom is 0.209 e. The Bertz CT molecular complexity index is 384. The molecule has 1 aromatic heterocycles. The number of aromatic nitrogens is 1. The van der Waals surface area contributed by atoms with Crippen molar-refractivity contribution in [3.63, 3.8) is 0 Å². The molecule has 0 saturated carbocycles. The zero-order chi connectivity index (χ0) is 10.8. The maximum atomic E-state index is 13.3. The van der Waals surface area contributed by atoms with Gasteiger partial charge in [0.05, 0.1) is 11.9 Å². The first-order valence-electron chi connectivity index (χ1n) is 4.71. The van der Waals surface area contributed by atoms with Crippen molar-refractivity contribution in [2.45, 2.75) is 12.3 Å². The van der Waals surface area contributed by atoms with E-state index in [0.717, 1.165) is 18.7 Å². The molecule has 1 aliphatic rings. The number of pyridine rings is 1. The fraction of sp³-hybridized carbons (Fsp3) is 0.400. The van der Waals surface area contributed by atoms with E-state index in [9.17, 15) is 13.6 Å². The molecule has 0 spiro atoms. The zero-order valence-electron chi connectivity index (χ0n) is 7.99. The average molecular weight is 212 g/mol. The Morgan fingerprint density at radius 3 is 2.93 bits per heavy atom. The second kappa shape index (κ2) is 3.92. The Morgan fingerprint density at radius 1 is 1.53 bits per heavy atom. The van der Waals surface area contributed by atoms with E-state index in [2.05, 4.69) is 4.98 Å². The number of halogens is 2. The molecule has 0 aliphatic carbocycles. The van der Waals surface area contributed by atoms with Gasteiger partial charge >= 0.3 is 0 Å². The summed E-state index contributed by atoms with van der Waals surface area (Å²) >= 11 is 0. The summed E-state index contributed by atoms with van der Waals surface area (Å²) in [6.07, 6.45) is 2.41. The first-order valence-corrected chi connectivity index (χ1v) is 4.71. The van der Waals surface area contributed by atoms with Crippen molar-refractivity contribution >= 4 is 6.41 Å². The molecule has 1 fully saturated rings. The van der Waals surface area contributed by atoms with Gasteiger partial charge in [-0.2, -0.15) is 0 Å². The van der Waals surface area contributed by atoms with Crippen molar-refractivity contribution in [1.29, 1.82) is 0 Å². The highest BCUT2D eigenvalue weighted by Gasteiger charge is 2.26. The highest BCUT2D eigenvalue weighted by Crippen LogP contribution is 2.26. The molecule has 1 amide bonds. The summed E-state index contributed by atoms with van der Waals surface area (Å²) in [6.45, 7) is 1.06. The van der Waals surface area contributed by atoms with Crippen LogP contribution in [-0.2, 0) is 4.79 Å². The number of likely N-dealkylation sites (tertiary alicyclic amines) is 1. The number of nitrogens with zero attached hydrogens (tertiary/aromatic N) is 2. The van der Waals surface area contributed by atoms with Crippen LogP contribution >= 0.6 is 0 Å². The molecule has 2 heterocycles. The highest BCUT2D eigenvalue weighted by molar-refractivity contribution is 5.48. The second-order valence-electron chi connectivity index (χ2n) is 3.61. The van der Waals surface area contributed by atoms with Gasteiger partial charge in [0.2, 0.25) is 6.41 Å². The minimum Gasteiger partial charge on any atom is -0.345 e. The van der Waals surface area contributed by atoms with Gasteiger partial charge < -0.3 is 4.90 Å². The normalized spacial score (nSPS) is 20.7. The fourth-order valence-electron chi connectivity index (χ4n) is 1.83. The van der Waals surface area contributed by atoms with E-state index >= 15 is 0 Å². The summed E-state index contributed by atoms with van der Waals surface area (Å²) in [5.74, 6) is -1.43. The Balaban J connectivity index is 2.20. The van der Waals surface area contributed by atoms with Crippen LogP contribution in [0.4, 0.5) is 8.78 Å². The van der Waals surface area contributed by atoms with Crippen LogP contribution in [0.3, 0.4) is 0 Å². The number of carbonyl (C=O) groups is 1. The molecule has 1 aromatic rings. The Kier molecular flexibility index (Phi) is 2.62. The van der Waals surface area contributed by atoms with Crippen LogP contribution in [0, 0.1) is 11.6 Å². The summed E-state index contributed by atoms with van der Waals surface area (Å²) in [5, 5.41) is 0. The predicted octanol–water partition coefficient (Wildman–Crippen LogP) is 1.31. The number of carbonyl (C=O) groups excluding carboxylic acids is 1. The lowest BCUT2D eigenvalue weighted by atomic mass is 10.0. The van der Waals surface area contributed by atoms with Crippen LogP contribution in [0.15, 0.2) is 12.3 Å². The van der Waals surface area contributed by atoms with E-state index in [1.165, 1.54) is 0 Å². The van der Waals surface area contributed by atoms with Gasteiger partial charge in [0, 0.05) is 25.1 Å². The van der Waals surface area contributed by atoms with Crippen molar-refractivity contribution in [2.24, 2.45) is 0 Å². The van der Waals surface area contributed by atoms with Crippen LogP contribution in [0.25, 0.3) is 0 Å². The smallest absolute Gasteiger partial charge is 0.209 e. The number of hydrogen-bond acceptors (Lipinski definition) is 2. The third-order valence-corrected chi connectivity index (χ3v) is 2.59. The molecule has 2 rings (SSSR count). The number of hydrogen-bond donors (Lipinski definition) is 0. The Hall–Kier alpha value is -1.52. The van der Waals surface area contributed by atoms with Gasteiger partial charge in [-0.1, -0.05) is 0 Å². The molecule has 15 heavy (non-hydrogen) atoms. The zero-order valence-corrected chi connectivity index (χ0v) is 7.99. The van der Waals surface area contributed by atoms with Crippen molar-refractivity contribution in [3.8, 4) is 0 Å². The molecule has 0 aromatic carbocycles. The summed E-state index contributed by atoms with van der Waals surface area (Å²) in [7, 11) is 0.